The van der Waals surface area contributed by atoms with Crippen LogP contribution in [0.25, 0.3) is 0 Å². The second-order valence-electron chi connectivity index (χ2n) is 16.1. The van der Waals surface area contributed by atoms with Crippen molar-refractivity contribution in [3.63, 3.8) is 0 Å². The van der Waals surface area contributed by atoms with Gasteiger partial charge in [-0.2, -0.15) is 12.6 Å². The highest BCUT2D eigenvalue weighted by Gasteiger charge is 2.39. The number of nitrogens with zero attached hydrogens (tertiary/aromatic N) is 2. The summed E-state index contributed by atoms with van der Waals surface area (Å²) in [6.07, 6.45) is 1.33. The molecule has 370 valence electrons. The summed E-state index contributed by atoms with van der Waals surface area (Å²) in [5, 5.41) is 55.8. The van der Waals surface area contributed by atoms with E-state index in [1.165, 1.54) is 19.4 Å². The van der Waals surface area contributed by atoms with Crippen molar-refractivity contribution >= 4 is 71.8 Å². The van der Waals surface area contributed by atoms with E-state index in [0.29, 0.717) is 25.0 Å². The molecular formula is C39H64N12O14S. The van der Waals surface area contributed by atoms with E-state index >= 15 is 0 Å². The van der Waals surface area contributed by atoms with Gasteiger partial charge in [0.2, 0.25) is 47.3 Å². The molecule has 0 unspecified atom stereocenters. The van der Waals surface area contributed by atoms with Gasteiger partial charge in [-0.3, -0.25) is 43.2 Å². The Kier molecular flexibility index (Phi) is 24.0. The van der Waals surface area contributed by atoms with Crippen molar-refractivity contribution in [3.05, 3.63) is 18.2 Å². The Morgan fingerprint density at radius 1 is 0.848 bits per heavy atom. The molecule has 0 saturated carbocycles. The van der Waals surface area contributed by atoms with Crippen molar-refractivity contribution in [2.45, 2.75) is 127 Å². The summed E-state index contributed by atoms with van der Waals surface area (Å²) in [4.78, 5) is 137. The molecule has 1 fully saturated rings. The lowest BCUT2D eigenvalue weighted by Gasteiger charge is -2.29. The number of aromatic amines is 1. The number of imidazole rings is 1. The van der Waals surface area contributed by atoms with Crippen LogP contribution in [0.3, 0.4) is 0 Å². The third-order valence-corrected chi connectivity index (χ3v) is 10.6. The quantitative estimate of drug-likeness (QED) is 0.0263. The first-order valence-electron chi connectivity index (χ1n) is 21.3. The van der Waals surface area contributed by atoms with E-state index in [4.69, 9.17) is 11.5 Å². The summed E-state index contributed by atoms with van der Waals surface area (Å²) in [6.45, 7) is 3.32. The molecule has 0 spiro atoms. The zero-order valence-corrected chi connectivity index (χ0v) is 37.9. The number of unbranched alkanes of at least 4 members (excludes halogenated alkanes) is 1. The van der Waals surface area contributed by atoms with Crippen LogP contribution in [0.4, 0.5) is 0 Å². The average molecular weight is 957 g/mol. The molecule has 27 heteroatoms. The van der Waals surface area contributed by atoms with Crippen LogP contribution >= 0.6 is 12.6 Å². The number of aliphatic carboxylic acids is 2. The van der Waals surface area contributed by atoms with Crippen molar-refractivity contribution in [1.82, 2.24) is 52.1 Å². The highest BCUT2D eigenvalue weighted by molar-refractivity contribution is 7.80. The van der Waals surface area contributed by atoms with Gasteiger partial charge in [0.15, 0.2) is 0 Å². The van der Waals surface area contributed by atoms with E-state index in [9.17, 15) is 68.4 Å². The molecule has 2 heterocycles. The van der Waals surface area contributed by atoms with Gasteiger partial charge in [0, 0.05) is 30.6 Å². The van der Waals surface area contributed by atoms with Crippen LogP contribution in [0.2, 0.25) is 0 Å². The minimum Gasteiger partial charge on any atom is -0.481 e. The number of nitrogens with one attached hydrogen (secondary N) is 8. The number of thiol groups is 1. The maximum atomic E-state index is 13.8. The maximum absolute atomic E-state index is 13.8. The van der Waals surface area contributed by atoms with Crippen molar-refractivity contribution in [3.8, 4) is 0 Å². The van der Waals surface area contributed by atoms with E-state index in [1.807, 2.05) is 0 Å². The number of carboxylic acids is 2. The lowest BCUT2D eigenvalue weighted by molar-refractivity contribution is -0.144. The van der Waals surface area contributed by atoms with Crippen LogP contribution in [0.5, 0.6) is 0 Å². The highest BCUT2D eigenvalue weighted by atomic mass is 32.1. The van der Waals surface area contributed by atoms with Gasteiger partial charge in [0.05, 0.1) is 38.0 Å². The van der Waals surface area contributed by atoms with Crippen molar-refractivity contribution in [2.24, 2.45) is 17.4 Å². The molecule has 1 aliphatic rings. The molecule has 8 amide bonds. The molecule has 1 aliphatic heterocycles. The molecule has 0 radical (unpaired) electrons. The molecule has 1 saturated heterocycles. The van der Waals surface area contributed by atoms with Crippen LogP contribution in [0.15, 0.2) is 12.5 Å². The Morgan fingerprint density at radius 2 is 1.47 bits per heavy atom. The zero-order chi connectivity index (χ0) is 49.7. The first-order valence-corrected chi connectivity index (χ1v) is 21.9. The van der Waals surface area contributed by atoms with E-state index in [2.05, 4.69) is 59.8 Å². The molecule has 1 aromatic rings. The number of hydrogen-bond donors (Lipinski definition) is 15. The van der Waals surface area contributed by atoms with Crippen LogP contribution in [0.1, 0.15) is 71.4 Å². The number of H-pyrrole nitrogens is 1. The third-order valence-electron chi connectivity index (χ3n) is 10.2. The number of hydrogen-bond acceptors (Lipinski definition) is 16. The second-order valence-corrected chi connectivity index (χ2v) is 16.5. The van der Waals surface area contributed by atoms with E-state index in [-0.39, 0.29) is 50.4 Å². The number of aliphatic hydroxyl groups excluding tert-OH is 2. The zero-order valence-electron chi connectivity index (χ0n) is 37.0. The van der Waals surface area contributed by atoms with E-state index in [0.717, 1.165) is 4.90 Å². The number of nitrogens with two attached hydrogens (primary N) is 2. The van der Waals surface area contributed by atoms with E-state index < -0.39 is 133 Å². The predicted molar refractivity (Wildman–Crippen MR) is 234 cm³/mol. The lowest BCUT2D eigenvalue weighted by atomic mass is 10.0. The molecule has 26 nitrogen and oxygen atoms in total. The van der Waals surface area contributed by atoms with Gasteiger partial charge in [0.25, 0.3) is 0 Å². The molecule has 66 heavy (non-hydrogen) atoms. The molecular weight excluding hydrogens is 893 g/mol. The monoisotopic (exact) mass is 956 g/mol. The second kappa shape index (κ2) is 28.2. The summed E-state index contributed by atoms with van der Waals surface area (Å²) in [5.74, 6) is -10.5. The molecule has 0 aromatic carbocycles. The van der Waals surface area contributed by atoms with Crippen LogP contribution in [-0.4, -0.2) is 181 Å². The van der Waals surface area contributed by atoms with Crippen LogP contribution in [0, 0.1) is 5.92 Å². The average Bonchev–Trinajstić information content (AvgIpc) is 3.97. The Hall–Kier alpha value is -5.90. The van der Waals surface area contributed by atoms with Gasteiger partial charge in [0.1, 0.15) is 42.3 Å². The first kappa shape index (κ1) is 56.2. The number of likely N-dealkylation sites (tertiary alicyclic amines) is 1. The summed E-state index contributed by atoms with van der Waals surface area (Å²) in [7, 11) is 0. The smallest absolute Gasteiger partial charge is 0.326 e. The SMILES string of the molecule is CC(C)C[C@H](NC(=O)[C@H](Cc1cnc[nH]1)NC(=O)CNC(=O)[C@@H]1CCCN1C(=O)[C@H](CO)NC(=O)[C@@H](NC(=O)[C@@H](N)CS)[C@@H](C)O)C(=O)N[C@@H](CC(=O)O)C(=O)N[C@@H](CCCCN)C(=O)O. The normalized spacial score (nSPS) is 17.1. The number of amides is 8. The first-order chi connectivity index (χ1) is 31.1. The Morgan fingerprint density at radius 3 is 2.03 bits per heavy atom. The third kappa shape index (κ3) is 18.5. The number of carbonyl (C=O) groups excluding carboxylic acids is 8. The largest absolute Gasteiger partial charge is 0.481 e. The van der Waals surface area contributed by atoms with Gasteiger partial charge < -0.3 is 79.0 Å². The molecule has 1 aromatic heterocycles. The van der Waals surface area contributed by atoms with Crippen LogP contribution < -0.4 is 48.7 Å². The number of carbonyl (C=O) groups is 10. The van der Waals surface area contributed by atoms with Gasteiger partial charge in [-0.15, -0.1) is 0 Å². The number of aromatic nitrogens is 2. The Balaban J connectivity index is 2.19. The van der Waals surface area contributed by atoms with Gasteiger partial charge in [-0.25, -0.2) is 9.78 Å². The number of aliphatic hydroxyl groups is 2. The fraction of sp³-hybridized carbons (Fsp3) is 0.667. The molecule has 9 atom stereocenters. The predicted octanol–water partition coefficient (Wildman–Crippen LogP) is -5.67. The molecule has 2 rings (SSSR count). The summed E-state index contributed by atoms with van der Waals surface area (Å²) in [5.41, 5.74) is 11.5. The fourth-order valence-electron chi connectivity index (χ4n) is 6.71. The van der Waals surface area contributed by atoms with E-state index in [1.54, 1.807) is 13.8 Å². The molecule has 16 N–H and O–H groups in total. The van der Waals surface area contributed by atoms with Gasteiger partial charge in [-0.05, 0) is 57.9 Å². The standard InChI is InChI=1S/C39H64N12O14S/c1-19(2)11-24(33(58)48-26(13-30(55)56)35(60)46-23(39(64)65)7-4-5-9-40)47-34(59)25(12-21-14-42-18-44-21)45-29(54)15-43-36(61)28-8-6-10-51(28)38(63)27(16-52)49-37(62)31(20(3)53)50-32(57)22(41)17-66/h14,18-20,22-28,31,52-53,66H,4-13,15-17,40-41H2,1-3H3,(H,42,44)(H,43,61)(H,45,54)(H,46,60)(H,47,59)(H,48,58)(H,49,62)(H,50,57)(H,55,56)(H,64,65)/t20-,22+,23+,24+,25+,26+,27+,28+,31+/m1/s1. The summed E-state index contributed by atoms with van der Waals surface area (Å²) in [6, 6.07) is -11.4. The number of carboxylic acid groups (broad SMARTS) is 2. The van der Waals surface area contributed by atoms with Crippen molar-refractivity contribution in [2.75, 3.05) is 32.0 Å². The highest BCUT2D eigenvalue weighted by Crippen LogP contribution is 2.19. The topological polar surface area (TPSA) is 420 Å². The minimum atomic E-state index is -1.74. The number of rotatable bonds is 29. The Bertz CT molecular complexity index is 1840. The van der Waals surface area contributed by atoms with Gasteiger partial charge in [-0.1, -0.05) is 13.8 Å². The minimum absolute atomic E-state index is 0.0132. The van der Waals surface area contributed by atoms with Crippen LogP contribution in [-0.2, 0) is 54.4 Å². The summed E-state index contributed by atoms with van der Waals surface area (Å²) < 4.78 is 0. The van der Waals surface area contributed by atoms with Crippen molar-refractivity contribution < 1.29 is 68.4 Å². The molecule has 0 bridgehead atoms. The fourth-order valence-corrected chi connectivity index (χ4v) is 6.87. The lowest BCUT2D eigenvalue weighted by Crippen LogP contribution is -2.61. The van der Waals surface area contributed by atoms with Crippen molar-refractivity contribution in [1.29, 1.82) is 0 Å². The Labute approximate surface area is 385 Å². The summed E-state index contributed by atoms with van der Waals surface area (Å²) >= 11 is 3.93. The molecule has 0 aliphatic carbocycles. The van der Waals surface area contributed by atoms with Gasteiger partial charge >= 0.3 is 11.9 Å². The maximum Gasteiger partial charge on any atom is 0.326 e.